The Bertz CT molecular complexity index is 856. The van der Waals surface area contributed by atoms with E-state index < -0.39 is 5.60 Å². The van der Waals surface area contributed by atoms with Crippen LogP contribution in [0.4, 0.5) is 10.8 Å². The first kappa shape index (κ1) is 20.8. The molecule has 28 heavy (non-hydrogen) atoms. The summed E-state index contributed by atoms with van der Waals surface area (Å²) in [6.45, 7) is 13.8. The van der Waals surface area contributed by atoms with E-state index in [9.17, 15) is 4.79 Å². The fraction of sp³-hybridized carbons (Fsp3) is 0.619. The highest BCUT2D eigenvalue weighted by Crippen LogP contribution is 2.31. The minimum atomic E-state index is -0.496. The van der Waals surface area contributed by atoms with Crippen LogP contribution in [-0.4, -0.2) is 47.3 Å². The van der Waals surface area contributed by atoms with Crippen molar-refractivity contribution < 1.29 is 13.9 Å². The monoisotopic (exact) mass is 407 g/mol. The number of anilines is 1. The van der Waals surface area contributed by atoms with Gasteiger partial charge in [-0.25, -0.2) is 4.79 Å². The molecule has 0 N–H and O–H groups in total. The number of carbonyl (C=O) groups excluding carboxylic acids is 1. The van der Waals surface area contributed by atoms with Crippen LogP contribution in [0.2, 0.25) is 5.02 Å². The Balaban J connectivity index is 1.79. The lowest BCUT2D eigenvalue weighted by atomic mass is 10.0. The fourth-order valence-corrected chi connectivity index (χ4v) is 3.74. The summed E-state index contributed by atoms with van der Waals surface area (Å²) in [7, 11) is 0. The number of benzene rings is 1. The van der Waals surface area contributed by atoms with Crippen LogP contribution in [0.1, 0.15) is 47.1 Å². The number of rotatable bonds is 3. The molecule has 1 amide bonds. The molecule has 0 saturated carbocycles. The highest BCUT2D eigenvalue weighted by molar-refractivity contribution is 6.31. The van der Waals surface area contributed by atoms with E-state index in [0.717, 1.165) is 23.1 Å². The first-order valence-corrected chi connectivity index (χ1v) is 10.2. The summed E-state index contributed by atoms with van der Waals surface area (Å²) in [5.74, 6) is 0.492. The van der Waals surface area contributed by atoms with E-state index in [0.29, 0.717) is 36.6 Å². The van der Waals surface area contributed by atoms with Crippen LogP contribution in [-0.2, 0) is 11.2 Å². The second kappa shape index (κ2) is 7.82. The molecule has 0 bridgehead atoms. The normalized spacial score (nSPS) is 18.2. The van der Waals surface area contributed by atoms with Crippen LogP contribution >= 0.6 is 11.6 Å². The molecule has 1 aliphatic rings. The molecule has 2 aromatic rings. The number of nitrogens with zero attached hydrogens (tertiary/aromatic N) is 3. The lowest BCUT2D eigenvalue weighted by Crippen LogP contribution is -2.54. The van der Waals surface area contributed by atoms with E-state index in [4.69, 9.17) is 20.8 Å². The average Bonchev–Trinajstić information content (AvgIpc) is 2.96. The van der Waals surface area contributed by atoms with Crippen molar-refractivity contribution in [3.8, 4) is 0 Å². The second-order valence-corrected chi connectivity index (χ2v) is 9.41. The zero-order valence-electron chi connectivity index (χ0n) is 17.6. The Morgan fingerprint density at radius 3 is 2.68 bits per heavy atom. The number of aromatic nitrogens is 1. The fourth-order valence-electron chi connectivity index (χ4n) is 3.50. The number of hydrogen-bond acceptors (Lipinski definition) is 5. The molecule has 1 fully saturated rings. The van der Waals surface area contributed by atoms with Crippen molar-refractivity contribution in [1.29, 1.82) is 0 Å². The summed E-state index contributed by atoms with van der Waals surface area (Å²) >= 11 is 6.28. The molecule has 6 nitrogen and oxygen atoms in total. The van der Waals surface area contributed by atoms with Gasteiger partial charge in [-0.3, -0.25) is 0 Å². The lowest BCUT2D eigenvalue weighted by Gasteiger charge is -2.39. The van der Waals surface area contributed by atoms with Gasteiger partial charge in [0.15, 0.2) is 5.58 Å². The van der Waals surface area contributed by atoms with Crippen molar-refractivity contribution in [2.75, 3.05) is 24.5 Å². The molecule has 7 heteroatoms. The molecule has 154 valence electrons. The lowest BCUT2D eigenvalue weighted by molar-refractivity contribution is 0.0216. The summed E-state index contributed by atoms with van der Waals surface area (Å²) in [6, 6.07) is 4.45. The number of carbonyl (C=O) groups is 1. The first-order valence-electron chi connectivity index (χ1n) is 9.87. The van der Waals surface area contributed by atoms with E-state index in [2.05, 4.69) is 30.7 Å². The average molecular weight is 408 g/mol. The van der Waals surface area contributed by atoms with Crippen LogP contribution < -0.4 is 4.90 Å². The molecule has 1 saturated heterocycles. The maximum Gasteiger partial charge on any atom is 0.410 e. The number of hydrogen-bond donors (Lipinski definition) is 0. The van der Waals surface area contributed by atoms with Gasteiger partial charge in [0.25, 0.3) is 6.01 Å². The van der Waals surface area contributed by atoms with Gasteiger partial charge < -0.3 is 19.0 Å². The molecule has 1 aliphatic heterocycles. The smallest absolute Gasteiger partial charge is 0.410 e. The number of halogens is 1. The van der Waals surface area contributed by atoms with E-state index >= 15 is 0 Å². The van der Waals surface area contributed by atoms with Gasteiger partial charge >= 0.3 is 6.09 Å². The van der Waals surface area contributed by atoms with Gasteiger partial charge in [0.1, 0.15) is 11.1 Å². The number of ether oxygens (including phenoxy) is 1. The van der Waals surface area contributed by atoms with Crippen molar-refractivity contribution in [2.45, 2.75) is 59.6 Å². The number of piperazine rings is 1. The van der Waals surface area contributed by atoms with Crippen LogP contribution in [0.15, 0.2) is 16.5 Å². The molecule has 1 aromatic heterocycles. The third kappa shape index (κ3) is 4.72. The van der Waals surface area contributed by atoms with Crippen molar-refractivity contribution in [2.24, 2.45) is 5.92 Å². The van der Waals surface area contributed by atoms with E-state index in [1.165, 1.54) is 0 Å². The molecule has 0 aliphatic carbocycles. The van der Waals surface area contributed by atoms with Crippen LogP contribution in [0.5, 0.6) is 0 Å². The predicted molar refractivity (Wildman–Crippen MR) is 112 cm³/mol. The minimum Gasteiger partial charge on any atom is -0.444 e. The van der Waals surface area contributed by atoms with Gasteiger partial charge in [0, 0.05) is 30.7 Å². The minimum absolute atomic E-state index is 0.0679. The standard InChI is InChI=1S/C21H30ClN3O3/c1-13(2)9-15-10-16(22)11-17-18(15)27-19(23-17)25-8-7-24(12-14(25)3)20(26)28-21(4,5)6/h10-11,13-14H,7-9,12H2,1-6H3/t14-/m0/s1. The molecule has 1 aromatic carbocycles. The summed E-state index contributed by atoms with van der Waals surface area (Å²) in [6.07, 6.45) is 0.607. The molecular formula is C21H30ClN3O3. The zero-order chi connectivity index (χ0) is 20.6. The highest BCUT2D eigenvalue weighted by atomic mass is 35.5. The van der Waals surface area contributed by atoms with E-state index in [1.807, 2.05) is 32.9 Å². The van der Waals surface area contributed by atoms with E-state index in [-0.39, 0.29) is 12.1 Å². The zero-order valence-corrected chi connectivity index (χ0v) is 18.3. The predicted octanol–water partition coefficient (Wildman–Crippen LogP) is 5.13. The number of amides is 1. The Labute approximate surface area is 171 Å². The molecule has 0 spiro atoms. The van der Waals surface area contributed by atoms with Gasteiger partial charge in [-0.2, -0.15) is 4.98 Å². The number of oxazole rings is 1. The summed E-state index contributed by atoms with van der Waals surface area (Å²) in [5, 5.41) is 0.672. The van der Waals surface area contributed by atoms with Gasteiger partial charge in [0.2, 0.25) is 0 Å². The van der Waals surface area contributed by atoms with Crippen molar-refractivity contribution in [3.63, 3.8) is 0 Å². The quantitative estimate of drug-likeness (QED) is 0.706. The second-order valence-electron chi connectivity index (χ2n) is 8.98. The summed E-state index contributed by atoms with van der Waals surface area (Å²) < 4.78 is 11.7. The largest absolute Gasteiger partial charge is 0.444 e. The Morgan fingerprint density at radius 2 is 2.07 bits per heavy atom. The van der Waals surface area contributed by atoms with Crippen molar-refractivity contribution >= 4 is 34.8 Å². The topological polar surface area (TPSA) is 58.8 Å². The van der Waals surface area contributed by atoms with Crippen molar-refractivity contribution in [1.82, 2.24) is 9.88 Å². The summed E-state index contributed by atoms with van der Waals surface area (Å²) in [5.41, 5.74) is 2.16. The number of fused-ring (bicyclic) bond motifs is 1. The Morgan fingerprint density at radius 1 is 1.36 bits per heavy atom. The van der Waals surface area contributed by atoms with Gasteiger partial charge in [-0.05, 0) is 57.7 Å². The highest BCUT2D eigenvalue weighted by Gasteiger charge is 2.32. The van der Waals surface area contributed by atoms with Crippen LogP contribution in [0.25, 0.3) is 11.1 Å². The molecule has 0 unspecified atom stereocenters. The summed E-state index contributed by atoms with van der Waals surface area (Å²) in [4.78, 5) is 20.9. The maximum atomic E-state index is 12.4. The Kier molecular flexibility index (Phi) is 5.80. The molecular weight excluding hydrogens is 378 g/mol. The van der Waals surface area contributed by atoms with Gasteiger partial charge in [-0.15, -0.1) is 0 Å². The third-order valence-corrected chi connectivity index (χ3v) is 4.89. The van der Waals surface area contributed by atoms with Crippen molar-refractivity contribution in [3.05, 3.63) is 22.7 Å². The van der Waals surface area contributed by atoms with E-state index in [1.54, 1.807) is 4.90 Å². The van der Waals surface area contributed by atoms with Gasteiger partial charge in [-0.1, -0.05) is 25.4 Å². The first-order chi connectivity index (χ1) is 13.0. The maximum absolute atomic E-state index is 12.4. The molecule has 2 heterocycles. The molecule has 3 rings (SSSR count). The van der Waals surface area contributed by atoms with Gasteiger partial charge in [0.05, 0.1) is 0 Å². The van der Waals surface area contributed by atoms with Crippen LogP contribution in [0, 0.1) is 5.92 Å². The van der Waals surface area contributed by atoms with Crippen LogP contribution in [0.3, 0.4) is 0 Å². The third-order valence-electron chi connectivity index (χ3n) is 4.67. The molecule has 0 radical (unpaired) electrons. The molecule has 1 atom stereocenters. The SMILES string of the molecule is CC(C)Cc1cc(Cl)cc2nc(N3CCN(C(=O)OC(C)(C)C)C[C@@H]3C)oc12. The Hall–Kier alpha value is -1.95.